The molecule has 8 nitrogen and oxygen atoms in total. The van der Waals surface area contributed by atoms with Crippen LogP contribution in [0, 0.1) is 0 Å². The number of pyridine rings is 1. The Kier molecular flexibility index (Phi) is 5.23. The van der Waals surface area contributed by atoms with E-state index in [4.69, 9.17) is 4.98 Å². The summed E-state index contributed by atoms with van der Waals surface area (Å²) in [6.07, 6.45) is 7.40. The van der Waals surface area contributed by atoms with Gasteiger partial charge in [0, 0.05) is 41.8 Å². The molecule has 174 valence electrons. The van der Waals surface area contributed by atoms with Gasteiger partial charge in [0.1, 0.15) is 5.39 Å². The monoisotopic (exact) mass is 455 g/mol. The molecule has 1 aromatic carbocycles. The molecule has 1 aliphatic rings. The number of anilines is 2. The van der Waals surface area contributed by atoms with E-state index in [2.05, 4.69) is 59.6 Å². The lowest BCUT2D eigenvalue weighted by molar-refractivity contribution is 0.474. The number of aromatic nitrogens is 5. The van der Waals surface area contributed by atoms with Crippen LogP contribution in [0.1, 0.15) is 57.5 Å². The Morgan fingerprint density at radius 1 is 1.12 bits per heavy atom. The minimum atomic E-state index is -0.125. The highest BCUT2D eigenvalue weighted by Gasteiger charge is 2.22. The number of hydrogen-bond donors (Lipinski definition) is 2. The zero-order valence-corrected chi connectivity index (χ0v) is 20.1. The highest BCUT2D eigenvalue weighted by Crippen LogP contribution is 2.26. The number of hydrogen-bond acceptors (Lipinski definition) is 6. The largest absolute Gasteiger partial charge is 0.387 e. The summed E-state index contributed by atoms with van der Waals surface area (Å²) in [4.78, 5) is 27.1. The van der Waals surface area contributed by atoms with E-state index in [9.17, 15) is 4.79 Å². The summed E-state index contributed by atoms with van der Waals surface area (Å²) in [6.45, 7) is 11.1. The fourth-order valence-corrected chi connectivity index (χ4v) is 4.18. The molecule has 0 amide bonds. The molecule has 3 aromatic heterocycles. The molecule has 0 fully saturated rings. The normalized spacial score (nSPS) is 13.2. The van der Waals surface area contributed by atoms with Crippen molar-refractivity contribution in [1.82, 2.24) is 29.6 Å². The summed E-state index contributed by atoms with van der Waals surface area (Å²) in [7, 11) is 0. The maximum absolute atomic E-state index is 13.3. The number of benzene rings is 1. The van der Waals surface area contributed by atoms with Crippen LogP contribution in [0.3, 0.4) is 0 Å². The van der Waals surface area contributed by atoms with Crippen LogP contribution in [0.5, 0.6) is 0 Å². The van der Waals surface area contributed by atoms with Crippen molar-refractivity contribution in [3.8, 4) is 5.69 Å². The van der Waals surface area contributed by atoms with Gasteiger partial charge in [0.05, 0.1) is 5.69 Å². The number of nitrogens with one attached hydrogen (secondary N) is 2. The third-order valence-corrected chi connectivity index (χ3v) is 5.94. The smallest absolute Gasteiger partial charge is 0.278 e. The lowest BCUT2D eigenvalue weighted by Gasteiger charge is -2.20. The Morgan fingerprint density at radius 2 is 1.94 bits per heavy atom. The van der Waals surface area contributed by atoms with Gasteiger partial charge in [-0.1, -0.05) is 26.8 Å². The van der Waals surface area contributed by atoms with E-state index in [1.807, 2.05) is 42.9 Å². The van der Waals surface area contributed by atoms with Crippen LogP contribution in [0.4, 0.5) is 11.6 Å². The first-order valence-corrected chi connectivity index (χ1v) is 11.5. The third-order valence-electron chi connectivity index (χ3n) is 5.94. The van der Waals surface area contributed by atoms with E-state index >= 15 is 0 Å². The summed E-state index contributed by atoms with van der Waals surface area (Å²) in [5.41, 5.74) is 5.39. The van der Waals surface area contributed by atoms with Crippen LogP contribution in [-0.2, 0) is 12.0 Å². The molecule has 0 unspecified atom stereocenters. The second kappa shape index (κ2) is 8.13. The topological polar surface area (TPSA) is 89.7 Å². The van der Waals surface area contributed by atoms with Crippen molar-refractivity contribution < 1.29 is 0 Å². The van der Waals surface area contributed by atoms with Gasteiger partial charge in [-0.25, -0.2) is 14.3 Å². The zero-order valence-electron chi connectivity index (χ0n) is 20.1. The Morgan fingerprint density at radius 3 is 2.71 bits per heavy atom. The van der Waals surface area contributed by atoms with Gasteiger partial charge in [0.15, 0.2) is 5.65 Å². The van der Waals surface area contributed by atoms with Gasteiger partial charge < -0.3 is 10.6 Å². The first-order valence-electron chi connectivity index (χ1n) is 11.5. The molecule has 0 atom stereocenters. The van der Waals surface area contributed by atoms with E-state index in [-0.39, 0.29) is 17.0 Å². The lowest BCUT2D eigenvalue weighted by Crippen LogP contribution is -2.24. The lowest BCUT2D eigenvalue weighted by atomic mass is 9.91. The van der Waals surface area contributed by atoms with E-state index in [1.165, 1.54) is 11.1 Å². The first-order chi connectivity index (χ1) is 16.2. The molecule has 8 heteroatoms. The molecule has 4 aromatic rings. The Labute approximate surface area is 198 Å². The Balaban J connectivity index is 1.64. The van der Waals surface area contributed by atoms with Gasteiger partial charge >= 0.3 is 0 Å². The zero-order chi connectivity index (χ0) is 24.0. The Hall–Kier alpha value is -3.94. The van der Waals surface area contributed by atoms with Gasteiger partial charge in [-0.2, -0.15) is 4.98 Å². The molecule has 0 spiro atoms. The fourth-order valence-electron chi connectivity index (χ4n) is 4.18. The van der Waals surface area contributed by atoms with Gasteiger partial charge in [-0.05, 0) is 61.5 Å². The van der Waals surface area contributed by atoms with Crippen molar-refractivity contribution in [2.75, 3.05) is 5.32 Å². The highest BCUT2D eigenvalue weighted by molar-refractivity contribution is 5.77. The van der Waals surface area contributed by atoms with Crippen LogP contribution in [0.25, 0.3) is 22.8 Å². The summed E-state index contributed by atoms with van der Waals surface area (Å²) in [6, 6.07) is 10.0. The molecule has 0 radical (unpaired) electrons. The van der Waals surface area contributed by atoms with Crippen molar-refractivity contribution in [2.45, 2.75) is 52.6 Å². The summed E-state index contributed by atoms with van der Waals surface area (Å²) in [5, 5.41) is 7.02. The average Bonchev–Trinajstić information content (AvgIpc) is 3.10. The van der Waals surface area contributed by atoms with E-state index in [0.29, 0.717) is 17.0 Å². The number of nitrogens with zero attached hydrogens (tertiary/aromatic N) is 5. The summed E-state index contributed by atoms with van der Waals surface area (Å²) >= 11 is 0. The van der Waals surface area contributed by atoms with Crippen LogP contribution < -0.4 is 16.2 Å². The van der Waals surface area contributed by atoms with Crippen molar-refractivity contribution >= 4 is 28.7 Å². The molecular weight excluding hydrogens is 426 g/mol. The molecule has 5 rings (SSSR count). The molecule has 2 N–H and O–H groups in total. The maximum Gasteiger partial charge on any atom is 0.278 e. The van der Waals surface area contributed by atoms with Gasteiger partial charge in [-0.3, -0.25) is 9.78 Å². The van der Waals surface area contributed by atoms with Crippen LogP contribution >= 0.6 is 0 Å². The number of fused-ring (bicyclic) bond motifs is 2. The number of rotatable bonds is 4. The molecule has 0 aliphatic carbocycles. The van der Waals surface area contributed by atoms with Gasteiger partial charge in [0.2, 0.25) is 5.95 Å². The van der Waals surface area contributed by atoms with Gasteiger partial charge in [0.25, 0.3) is 5.56 Å². The Bertz CT molecular complexity index is 1470. The fraction of sp³-hybridized carbons (Fsp3) is 0.308. The second-order valence-electron chi connectivity index (χ2n) is 9.89. The van der Waals surface area contributed by atoms with Crippen LogP contribution in [0.2, 0.25) is 0 Å². The highest BCUT2D eigenvalue weighted by atomic mass is 16.1. The molecule has 34 heavy (non-hydrogen) atoms. The van der Waals surface area contributed by atoms with Crippen LogP contribution in [0.15, 0.2) is 53.7 Å². The maximum atomic E-state index is 13.3. The SMILES string of the molecule is CC(C)n1c(=O)c2cnc(Nc3ccc4c(c3)CNC=C4)nc2n1-c1ccnc(C(C)(C)C)c1. The standard InChI is InChI=1S/C26H29N7O/c1-16(2)32-24(34)21-15-29-25(30-19-7-6-17-8-10-27-14-18(17)12-19)31-23(21)33(32)20-9-11-28-22(13-20)26(3,4)5/h6-13,15-16,27H,14H2,1-5H3,(H,29,30,31). The van der Waals surface area contributed by atoms with Crippen molar-refractivity contribution in [1.29, 1.82) is 0 Å². The third kappa shape index (κ3) is 3.85. The van der Waals surface area contributed by atoms with E-state index < -0.39 is 0 Å². The molecule has 0 saturated heterocycles. The molecule has 0 bridgehead atoms. The van der Waals surface area contributed by atoms with E-state index in [1.54, 1.807) is 17.1 Å². The quantitative estimate of drug-likeness (QED) is 0.465. The molecule has 4 heterocycles. The van der Waals surface area contributed by atoms with E-state index in [0.717, 1.165) is 23.6 Å². The van der Waals surface area contributed by atoms with Crippen molar-refractivity contribution in [3.63, 3.8) is 0 Å². The molecular formula is C26H29N7O. The van der Waals surface area contributed by atoms with Crippen molar-refractivity contribution in [3.05, 3.63) is 76.1 Å². The van der Waals surface area contributed by atoms with Crippen LogP contribution in [-0.4, -0.2) is 24.3 Å². The second-order valence-corrected chi connectivity index (χ2v) is 9.89. The molecule has 0 saturated carbocycles. The average molecular weight is 456 g/mol. The summed E-state index contributed by atoms with van der Waals surface area (Å²) < 4.78 is 3.61. The minimum Gasteiger partial charge on any atom is -0.387 e. The van der Waals surface area contributed by atoms with Gasteiger partial charge in [-0.15, -0.1) is 0 Å². The predicted molar refractivity (Wildman–Crippen MR) is 136 cm³/mol. The molecule has 1 aliphatic heterocycles. The van der Waals surface area contributed by atoms with Crippen molar-refractivity contribution in [2.24, 2.45) is 0 Å². The predicted octanol–water partition coefficient (Wildman–Crippen LogP) is 4.67. The first kappa shape index (κ1) is 21.9. The minimum absolute atomic E-state index is 0.0643. The summed E-state index contributed by atoms with van der Waals surface area (Å²) in [5.74, 6) is 0.437.